The van der Waals surface area contributed by atoms with E-state index in [1.165, 1.54) is 31.3 Å². The van der Waals surface area contributed by atoms with Crippen LogP contribution in [0.1, 0.15) is 5.56 Å². The summed E-state index contributed by atoms with van der Waals surface area (Å²) >= 11 is 0. The number of rotatable bonds is 5. The monoisotopic (exact) mass is 339 g/mol. The smallest absolute Gasteiger partial charge is 0.224 e. The molecule has 118 valence electrons. The maximum absolute atomic E-state index is 12.7. The predicted molar refractivity (Wildman–Crippen MR) is 84.6 cm³/mol. The van der Waals surface area contributed by atoms with E-state index in [4.69, 9.17) is 0 Å². The van der Waals surface area contributed by atoms with Gasteiger partial charge in [0.1, 0.15) is 4.90 Å². The molecule has 0 atom stereocenters. The highest BCUT2D eigenvalue weighted by Gasteiger charge is 2.27. The van der Waals surface area contributed by atoms with Gasteiger partial charge in [-0.25, -0.2) is 16.8 Å². The zero-order chi connectivity index (χ0) is 16.4. The van der Waals surface area contributed by atoms with E-state index in [1.807, 2.05) is 30.3 Å². The molecule has 0 aromatic heterocycles. The summed E-state index contributed by atoms with van der Waals surface area (Å²) in [5.74, 6) is 0. The quantitative estimate of drug-likeness (QED) is 0.834. The zero-order valence-corrected chi connectivity index (χ0v) is 13.9. The second-order valence-electron chi connectivity index (χ2n) is 4.97. The number of hydrogen-bond donors (Lipinski definition) is 0. The van der Waals surface area contributed by atoms with Crippen LogP contribution >= 0.6 is 0 Å². The molecule has 2 aromatic carbocycles. The van der Waals surface area contributed by atoms with Gasteiger partial charge in [-0.3, -0.25) is 0 Å². The second-order valence-corrected chi connectivity index (χ2v) is 8.96. The van der Waals surface area contributed by atoms with Crippen molar-refractivity contribution >= 4 is 19.9 Å². The van der Waals surface area contributed by atoms with Crippen LogP contribution in [0.2, 0.25) is 0 Å². The topological polar surface area (TPSA) is 71.5 Å². The minimum atomic E-state index is -3.90. The standard InChI is InChI=1S/C15H17NO4S2/c1-16(12-13-8-4-3-5-9-13)22(19,20)15-11-7-6-10-14(15)21(2,17)18/h3-11H,12H2,1-2H3. The summed E-state index contributed by atoms with van der Waals surface area (Å²) in [6, 6.07) is 14.7. The Balaban J connectivity index is 2.43. The van der Waals surface area contributed by atoms with E-state index in [0.717, 1.165) is 16.1 Å². The molecule has 0 aliphatic rings. The third kappa shape index (κ3) is 3.55. The molecule has 0 N–H and O–H groups in total. The molecule has 0 unspecified atom stereocenters. The van der Waals surface area contributed by atoms with Crippen LogP contribution in [0.5, 0.6) is 0 Å². The van der Waals surface area contributed by atoms with Crippen molar-refractivity contribution in [2.45, 2.75) is 16.3 Å². The van der Waals surface area contributed by atoms with Crippen molar-refractivity contribution in [2.24, 2.45) is 0 Å². The molecule has 0 saturated carbocycles. The highest BCUT2D eigenvalue weighted by molar-refractivity contribution is 7.93. The summed E-state index contributed by atoms with van der Waals surface area (Å²) in [6.07, 6.45) is 0.999. The van der Waals surface area contributed by atoms with Crippen LogP contribution < -0.4 is 0 Å². The third-order valence-electron chi connectivity index (χ3n) is 3.18. The van der Waals surface area contributed by atoms with Crippen LogP contribution in [0.25, 0.3) is 0 Å². The first-order chi connectivity index (χ1) is 10.2. The van der Waals surface area contributed by atoms with E-state index >= 15 is 0 Å². The van der Waals surface area contributed by atoms with E-state index in [0.29, 0.717) is 0 Å². The summed E-state index contributed by atoms with van der Waals surface area (Å²) in [4.78, 5) is -0.383. The molecule has 0 saturated heterocycles. The van der Waals surface area contributed by atoms with Gasteiger partial charge in [0.2, 0.25) is 10.0 Å². The predicted octanol–water partition coefficient (Wildman–Crippen LogP) is 1.91. The third-order valence-corrected chi connectivity index (χ3v) is 6.33. The molecule has 22 heavy (non-hydrogen) atoms. The fourth-order valence-corrected chi connectivity index (χ4v) is 4.82. The molecule has 0 radical (unpaired) electrons. The SMILES string of the molecule is CN(Cc1ccccc1)S(=O)(=O)c1ccccc1S(C)(=O)=O. The number of sulfone groups is 1. The Bertz CT molecular complexity index is 859. The molecule has 2 aromatic rings. The molecule has 5 nitrogen and oxygen atoms in total. The Kier molecular flexibility index (Phi) is 4.69. The molecular weight excluding hydrogens is 322 g/mol. The first-order valence-electron chi connectivity index (χ1n) is 6.52. The van der Waals surface area contributed by atoms with Crippen LogP contribution in [-0.2, 0) is 26.4 Å². The number of nitrogens with zero attached hydrogens (tertiary/aromatic N) is 1. The van der Waals surface area contributed by atoms with Gasteiger partial charge in [0.25, 0.3) is 0 Å². The Morgan fingerprint density at radius 2 is 1.32 bits per heavy atom. The van der Waals surface area contributed by atoms with E-state index in [-0.39, 0.29) is 16.3 Å². The van der Waals surface area contributed by atoms with Crippen molar-refractivity contribution < 1.29 is 16.8 Å². The lowest BCUT2D eigenvalue weighted by Gasteiger charge is -2.19. The Morgan fingerprint density at radius 1 is 0.818 bits per heavy atom. The Labute approximate surface area is 131 Å². The highest BCUT2D eigenvalue weighted by atomic mass is 32.2. The maximum Gasteiger partial charge on any atom is 0.244 e. The van der Waals surface area contributed by atoms with Gasteiger partial charge >= 0.3 is 0 Å². The van der Waals surface area contributed by atoms with Crippen molar-refractivity contribution in [3.63, 3.8) is 0 Å². The van der Waals surface area contributed by atoms with E-state index < -0.39 is 19.9 Å². The molecule has 0 aliphatic carbocycles. The van der Waals surface area contributed by atoms with Crippen molar-refractivity contribution in [3.8, 4) is 0 Å². The van der Waals surface area contributed by atoms with Crippen molar-refractivity contribution in [2.75, 3.05) is 13.3 Å². The molecule has 0 aliphatic heterocycles. The van der Waals surface area contributed by atoms with Crippen LogP contribution in [0, 0.1) is 0 Å². The summed E-state index contributed by atoms with van der Waals surface area (Å²) in [5.41, 5.74) is 0.824. The normalized spacial score (nSPS) is 12.5. The first-order valence-corrected chi connectivity index (χ1v) is 9.85. The highest BCUT2D eigenvalue weighted by Crippen LogP contribution is 2.24. The van der Waals surface area contributed by atoms with E-state index in [2.05, 4.69) is 0 Å². The van der Waals surface area contributed by atoms with Gasteiger partial charge < -0.3 is 0 Å². The minimum absolute atomic E-state index is 0.168. The fraction of sp³-hybridized carbons (Fsp3) is 0.200. The summed E-state index contributed by atoms with van der Waals surface area (Å²) in [7, 11) is -6.09. The van der Waals surface area contributed by atoms with Gasteiger partial charge in [-0.2, -0.15) is 4.31 Å². The molecular formula is C15H17NO4S2. The Hall–Kier alpha value is -1.70. The maximum atomic E-state index is 12.7. The van der Waals surface area contributed by atoms with Gasteiger partial charge in [-0.1, -0.05) is 42.5 Å². The van der Waals surface area contributed by atoms with Gasteiger partial charge in [-0.15, -0.1) is 0 Å². The largest absolute Gasteiger partial charge is 0.244 e. The number of hydrogen-bond acceptors (Lipinski definition) is 4. The van der Waals surface area contributed by atoms with Crippen LogP contribution in [0.4, 0.5) is 0 Å². The van der Waals surface area contributed by atoms with Crippen LogP contribution in [0.15, 0.2) is 64.4 Å². The summed E-state index contributed by atoms with van der Waals surface area (Å²) in [5, 5.41) is 0. The minimum Gasteiger partial charge on any atom is -0.224 e. The lowest BCUT2D eigenvalue weighted by molar-refractivity contribution is 0.464. The number of sulfonamides is 1. The molecule has 0 heterocycles. The molecule has 0 bridgehead atoms. The van der Waals surface area contributed by atoms with Crippen molar-refractivity contribution in [1.82, 2.24) is 4.31 Å². The molecule has 2 rings (SSSR count). The lowest BCUT2D eigenvalue weighted by atomic mass is 10.2. The first kappa shape index (κ1) is 16.7. The Morgan fingerprint density at radius 3 is 1.86 bits per heavy atom. The van der Waals surface area contributed by atoms with Crippen molar-refractivity contribution in [3.05, 3.63) is 60.2 Å². The average Bonchev–Trinajstić information content (AvgIpc) is 2.47. The molecule has 0 spiro atoms. The van der Waals surface area contributed by atoms with Crippen molar-refractivity contribution in [1.29, 1.82) is 0 Å². The summed E-state index contributed by atoms with van der Waals surface area (Å²) in [6.45, 7) is 0.168. The second kappa shape index (κ2) is 6.20. The van der Waals surface area contributed by atoms with Gasteiger partial charge in [0, 0.05) is 19.8 Å². The molecule has 0 fully saturated rings. The van der Waals surface area contributed by atoms with Gasteiger partial charge in [-0.05, 0) is 17.7 Å². The van der Waals surface area contributed by atoms with Crippen LogP contribution in [-0.4, -0.2) is 34.4 Å². The molecule has 7 heteroatoms. The summed E-state index contributed by atoms with van der Waals surface area (Å²) < 4.78 is 50.1. The number of benzene rings is 2. The molecule has 0 amide bonds. The van der Waals surface area contributed by atoms with E-state index in [9.17, 15) is 16.8 Å². The average molecular weight is 339 g/mol. The van der Waals surface area contributed by atoms with Crippen LogP contribution in [0.3, 0.4) is 0 Å². The van der Waals surface area contributed by atoms with E-state index in [1.54, 1.807) is 0 Å². The lowest BCUT2D eigenvalue weighted by Crippen LogP contribution is -2.27. The van der Waals surface area contributed by atoms with Gasteiger partial charge in [0.15, 0.2) is 9.84 Å². The van der Waals surface area contributed by atoms with Gasteiger partial charge in [0.05, 0.1) is 4.90 Å². The zero-order valence-electron chi connectivity index (χ0n) is 12.3. The fourth-order valence-electron chi connectivity index (χ4n) is 2.06.